The zero-order valence-corrected chi connectivity index (χ0v) is 18.5. The number of hydrogen-bond acceptors (Lipinski definition) is 5. The summed E-state index contributed by atoms with van der Waals surface area (Å²) in [6, 6.07) is 7.29. The number of rotatable bonds is 7. The Morgan fingerprint density at radius 2 is 1.94 bits per heavy atom. The molecule has 0 spiro atoms. The van der Waals surface area contributed by atoms with Gasteiger partial charge in [0.15, 0.2) is 6.10 Å². The summed E-state index contributed by atoms with van der Waals surface area (Å²) in [4.78, 5) is 39.4. The van der Waals surface area contributed by atoms with Crippen LogP contribution in [0.2, 0.25) is 0 Å². The Labute approximate surface area is 183 Å². The number of nitrogens with zero attached hydrogens (tertiary/aromatic N) is 1. The molecule has 7 nitrogen and oxygen atoms in total. The van der Waals surface area contributed by atoms with Crippen LogP contribution in [-0.4, -0.2) is 43.6 Å². The van der Waals surface area contributed by atoms with Crippen molar-refractivity contribution >= 4 is 23.5 Å². The van der Waals surface area contributed by atoms with E-state index in [0.717, 1.165) is 5.92 Å². The lowest BCUT2D eigenvalue weighted by molar-refractivity contribution is -0.158. The molecular formula is C24H32N2O5. The van der Waals surface area contributed by atoms with Gasteiger partial charge >= 0.3 is 5.97 Å². The van der Waals surface area contributed by atoms with E-state index in [1.54, 1.807) is 31.1 Å². The highest BCUT2D eigenvalue weighted by molar-refractivity contribution is 6.00. The number of nitrogens with one attached hydrogen (secondary N) is 1. The van der Waals surface area contributed by atoms with E-state index in [-0.39, 0.29) is 30.8 Å². The summed E-state index contributed by atoms with van der Waals surface area (Å²) in [7, 11) is 1.54. The third-order valence-corrected chi connectivity index (χ3v) is 7.30. The van der Waals surface area contributed by atoms with Crippen LogP contribution in [0.3, 0.4) is 0 Å². The smallest absolute Gasteiger partial charge is 0.312 e. The van der Waals surface area contributed by atoms with Gasteiger partial charge in [0.05, 0.1) is 18.7 Å². The van der Waals surface area contributed by atoms with Crippen LogP contribution in [0.1, 0.15) is 46.0 Å². The number of carbonyl (C=O) groups excluding carboxylic acids is 3. The van der Waals surface area contributed by atoms with Crippen molar-refractivity contribution in [2.24, 2.45) is 23.7 Å². The summed E-state index contributed by atoms with van der Waals surface area (Å²) < 4.78 is 10.8. The molecule has 3 aliphatic rings. The number of benzene rings is 1. The Bertz CT molecular complexity index is 856. The lowest BCUT2D eigenvalue weighted by Gasteiger charge is -2.29. The van der Waals surface area contributed by atoms with Crippen molar-refractivity contribution in [3.8, 4) is 5.75 Å². The second-order valence-corrected chi connectivity index (χ2v) is 9.29. The highest BCUT2D eigenvalue weighted by atomic mass is 16.5. The predicted molar refractivity (Wildman–Crippen MR) is 116 cm³/mol. The van der Waals surface area contributed by atoms with Crippen LogP contribution in [0, 0.1) is 23.7 Å². The van der Waals surface area contributed by atoms with Crippen molar-refractivity contribution in [1.29, 1.82) is 0 Å². The molecule has 1 aromatic carbocycles. The zero-order chi connectivity index (χ0) is 22.1. The average molecular weight is 429 g/mol. The second-order valence-electron chi connectivity index (χ2n) is 9.29. The van der Waals surface area contributed by atoms with Crippen LogP contribution in [0.25, 0.3) is 0 Å². The predicted octanol–water partition coefficient (Wildman–Crippen LogP) is 2.92. The SMILES string of the molecule is COc1ccccc1N1C[C@H](C(=O)O[C@H](C)C(=O)N[C@H](C)[C@@H]2C[C@H]3CC[C@H]2C3)CC1=O. The standard InChI is InChI=1S/C24H32N2O5/c1-14(19-11-16-8-9-17(19)10-16)25-23(28)15(2)31-24(29)18-12-22(27)26(13-18)20-6-4-5-7-21(20)30-3/h4-7,14-19H,8-13H2,1-3H3,(H,25,28)/t14-,15-,16+,17+,18-,19+/m1/s1. The lowest BCUT2D eigenvalue weighted by Crippen LogP contribution is -2.45. The number of esters is 1. The zero-order valence-electron chi connectivity index (χ0n) is 18.5. The van der Waals surface area contributed by atoms with Crippen LogP contribution in [0.5, 0.6) is 5.75 Å². The van der Waals surface area contributed by atoms with Gasteiger partial charge in [-0.2, -0.15) is 0 Å². The fraction of sp³-hybridized carbons (Fsp3) is 0.625. The molecule has 3 fully saturated rings. The van der Waals surface area contributed by atoms with Crippen molar-refractivity contribution in [2.45, 2.75) is 58.1 Å². The first-order chi connectivity index (χ1) is 14.9. The van der Waals surface area contributed by atoms with Gasteiger partial charge in [0.25, 0.3) is 5.91 Å². The van der Waals surface area contributed by atoms with Crippen molar-refractivity contribution in [2.75, 3.05) is 18.6 Å². The van der Waals surface area contributed by atoms with Crippen molar-refractivity contribution < 1.29 is 23.9 Å². The number of hydrogen-bond donors (Lipinski definition) is 1. The quantitative estimate of drug-likeness (QED) is 0.675. The van der Waals surface area contributed by atoms with Gasteiger partial charge in [-0.3, -0.25) is 14.4 Å². The number of fused-ring (bicyclic) bond motifs is 2. The molecule has 2 saturated carbocycles. The molecule has 1 aliphatic heterocycles. The molecular weight excluding hydrogens is 396 g/mol. The number of anilines is 1. The Hall–Kier alpha value is -2.57. The van der Waals surface area contributed by atoms with Crippen LogP contribution in [0.4, 0.5) is 5.69 Å². The second kappa shape index (κ2) is 8.89. The Morgan fingerprint density at radius 3 is 2.61 bits per heavy atom. The minimum Gasteiger partial charge on any atom is -0.495 e. The molecule has 1 saturated heterocycles. The van der Waals surface area contributed by atoms with Crippen molar-refractivity contribution in [3.63, 3.8) is 0 Å². The van der Waals surface area contributed by atoms with Gasteiger partial charge in [0, 0.05) is 19.0 Å². The van der Waals surface area contributed by atoms with Crippen molar-refractivity contribution in [1.82, 2.24) is 5.32 Å². The molecule has 1 aromatic rings. The van der Waals surface area contributed by atoms with E-state index < -0.39 is 18.0 Å². The van der Waals surface area contributed by atoms with E-state index >= 15 is 0 Å². The van der Waals surface area contributed by atoms with Gasteiger partial charge in [0.1, 0.15) is 5.75 Å². The van der Waals surface area contributed by atoms with Crippen molar-refractivity contribution in [3.05, 3.63) is 24.3 Å². The van der Waals surface area contributed by atoms with Crippen LogP contribution in [-0.2, 0) is 19.1 Å². The Balaban J connectivity index is 1.30. The first-order valence-electron chi connectivity index (χ1n) is 11.3. The van der Waals surface area contributed by atoms with E-state index in [0.29, 0.717) is 23.3 Å². The van der Waals surface area contributed by atoms with Gasteiger partial charge in [-0.15, -0.1) is 0 Å². The molecule has 31 heavy (non-hydrogen) atoms. The van der Waals surface area contributed by atoms with Gasteiger partial charge in [-0.25, -0.2) is 0 Å². The number of carbonyl (C=O) groups is 3. The summed E-state index contributed by atoms with van der Waals surface area (Å²) >= 11 is 0. The fourth-order valence-electron chi connectivity index (χ4n) is 5.63. The van der Waals surface area contributed by atoms with Crippen LogP contribution < -0.4 is 15.0 Å². The topological polar surface area (TPSA) is 84.9 Å². The molecule has 2 aliphatic carbocycles. The van der Waals surface area contributed by atoms with E-state index in [1.165, 1.54) is 25.7 Å². The molecule has 1 N–H and O–H groups in total. The van der Waals surface area contributed by atoms with E-state index in [1.807, 2.05) is 12.1 Å². The number of methoxy groups -OCH3 is 1. The van der Waals surface area contributed by atoms with E-state index in [2.05, 4.69) is 12.2 Å². The minimum atomic E-state index is -0.885. The highest BCUT2D eigenvalue weighted by Crippen LogP contribution is 2.49. The number of ether oxygens (including phenoxy) is 2. The molecule has 2 bridgehead atoms. The van der Waals surface area contributed by atoms with E-state index in [9.17, 15) is 14.4 Å². The molecule has 0 unspecified atom stereocenters. The normalized spacial score (nSPS) is 29.0. The molecule has 168 valence electrons. The molecule has 1 heterocycles. The van der Waals surface area contributed by atoms with Crippen LogP contribution >= 0.6 is 0 Å². The molecule has 7 heteroatoms. The first kappa shape index (κ1) is 21.7. The van der Waals surface area contributed by atoms with Gasteiger partial charge in [-0.1, -0.05) is 18.6 Å². The Kier molecular flexibility index (Phi) is 6.21. The first-order valence-corrected chi connectivity index (χ1v) is 11.3. The molecule has 0 aromatic heterocycles. The van der Waals surface area contributed by atoms with Gasteiger partial charge in [-0.05, 0) is 63.0 Å². The fourth-order valence-corrected chi connectivity index (χ4v) is 5.63. The van der Waals surface area contributed by atoms with Crippen LogP contribution in [0.15, 0.2) is 24.3 Å². The minimum absolute atomic E-state index is 0.0623. The largest absolute Gasteiger partial charge is 0.495 e. The highest BCUT2D eigenvalue weighted by Gasteiger charge is 2.43. The number of para-hydroxylation sites is 2. The summed E-state index contributed by atoms with van der Waals surface area (Å²) in [5.41, 5.74) is 0.635. The summed E-state index contributed by atoms with van der Waals surface area (Å²) in [6.45, 7) is 3.86. The van der Waals surface area contributed by atoms with Gasteiger partial charge in [0.2, 0.25) is 5.91 Å². The maximum atomic E-state index is 12.7. The maximum absolute atomic E-state index is 12.7. The average Bonchev–Trinajstić information content (AvgIpc) is 3.49. The molecule has 2 amide bonds. The monoisotopic (exact) mass is 428 g/mol. The third kappa shape index (κ3) is 4.41. The molecule has 6 atom stereocenters. The molecule has 4 rings (SSSR count). The maximum Gasteiger partial charge on any atom is 0.312 e. The summed E-state index contributed by atoms with van der Waals surface area (Å²) in [5.74, 6) is 1.08. The summed E-state index contributed by atoms with van der Waals surface area (Å²) in [6.07, 6.45) is 4.23. The Morgan fingerprint density at radius 1 is 1.16 bits per heavy atom. The lowest BCUT2D eigenvalue weighted by atomic mass is 9.84. The van der Waals surface area contributed by atoms with Gasteiger partial charge < -0.3 is 19.7 Å². The van der Waals surface area contributed by atoms with E-state index in [4.69, 9.17) is 9.47 Å². The summed E-state index contributed by atoms with van der Waals surface area (Å²) in [5, 5.41) is 3.05. The molecule has 0 radical (unpaired) electrons. The number of amides is 2. The third-order valence-electron chi connectivity index (χ3n) is 7.30.